The molecular formula is C61H101O2PS2. The molecule has 0 bridgehead atoms. The van der Waals surface area contributed by atoms with Gasteiger partial charge in [0.05, 0.1) is 0 Å². The van der Waals surface area contributed by atoms with Crippen molar-refractivity contribution < 1.29 is 9.67 Å². The van der Waals surface area contributed by atoms with Crippen LogP contribution in [-0.4, -0.2) is 16.6 Å². The van der Waals surface area contributed by atoms with E-state index >= 15 is 4.57 Å². The fourth-order valence-corrected chi connectivity index (χ4v) is 17.8. The highest BCUT2D eigenvalue weighted by molar-refractivity contribution is 8.90. The molecule has 3 aromatic carbocycles. The smallest absolute Gasteiger partial charge is 0.195 e. The molecule has 5 heteroatoms. The Kier molecular flexibility index (Phi) is 36.6. The van der Waals surface area contributed by atoms with E-state index in [-0.39, 0.29) is 0 Å². The van der Waals surface area contributed by atoms with E-state index in [1.807, 2.05) is 12.1 Å². The molecule has 0 aliphatic carbocycles. The number of hydrogen-bond donors (Lipinski definition) is 1. The minimum atomic E-state index is -2.59. The Balaban J connectivity index is 1.41. The van der Waals surface area contributed by atoms with E-state index in [4.69, 9.17) is 0 Å². The number of phenolic OH excluding ortho intramolecular Hbond substituents is 1. The number of unbranched alkanes of at least 4 members (excludes halogenated alkanes) is 34. The summed E-state index contributed by atoms with van der Waals surface area (Å²) in [7, 11) is 0. The van der Waals surface area contributed by atoms with Crippen molar-refractivity contribution in [3.8, 4) is 5.75 Å². The monoisotopic (exact) mass is 961 g/mol. The first-order chi connectivity index (χ1) is 32.5. The average molecular weight is 962 g/mol. The van der Waals surface area contributed by atoms with Crippen molar-refractivity contribution in [1.82, 2.24) is 0 Å². The van der Waals surface area contributed by atoms with Gasteiger partial charge in [0.15, 0.2) is 5.55 Å². The molecule has 0 atom stereocenters. The largest absolute Gasteiger partial charge is 0.507 e. The molecule has 0 saturated heterocycles. The van der Waals surface area contributed by atoms with Crippen LogP contribution in [0, 0.1) is 0 Å². The standard InChI is InChI=1S/C61H101O2PS2/c1-3-5-7-9-11-13-15-17-19-21-23-25-27-29-31-33-35-43-49-65-64(63,66-50-44-36-34-32-30-28-26-24-22-20-18-16-14-12-10-8-6-4-2)55-58-53-59(51-56-45-39-37-40-46-56)61(62)60(54-58)52-57-47-41-38-42-48-57/h37-42,45-48,53-54,62H,3-36,43-44,49-52,55H2,1-2H3. The SMILES string of the molecule is CCCCCCCCCCCCCCCCCCCCSP(=O)(Cc1cc(Cc2ccccc2)c(O)c(Cc2ccccc2)c1)SCCCCCCCCCCCCCCCCCCCC. The highest BCUT2D eigenvalue weighted by Gasteiger charge is 2.25. The Morgan fingerprint density at radius 1 is 0.364 bits per heavy atom. The first kappa shape index (κ1) is 58.7. The van der Waals surface area contributed by atoms with E-state index in [0.29, 0.717) is 24.8 Å². The van der Waals surface area contributed by atoms with Gasteiger partial charge in [-0.05, 0) is 40.7 Å². The minimum Gasteiger partial charge on any atom is -0.507 e. The number of rotatable bonds is 46. The lowest BCUT2D eigenvalue weighted by Crippen LogP contribution is -1.98. The average Bonchev–Trinajstić information content (AvgIpc) is 3.32. The first-order valence-electron chi connectivity index (χ1n) is 28.3. The van der Waals surface area contributed by atoms with E-state index in [1.54, 1.807) is 22.8 Å². The molecule has 0 unspecified atom stereocenters. The zero-order valence-electron chi connectivity index (χ0n) is 43.0. The number of benzene rings is 3. The Bertz CT molecular complexity index is 1470. The molecular weight excluding hydrogens is 860 g/mol. The van der Waals surface area contributed by atoms with Crippen LogP contribution in [0.1, 0.15) is 273 Å². The summed E-state index contributed by atoms with van der Waals surface area (Å²) in [6.45, 7) is 4.60. The van der Waals surface area contributed by atoms with Gasteiger partial charge in [0.2, 0.25) is 0 Å². The highest BCUT2D eigenvalue weighted by Crippen LogP contribution is 2.71. The Hall–Kier alpha value is -1.61. The second kappa shape index (κ2) is 41.2. The van der Waals surface area contributed by atoms with Gasteiger partial charge in [-0.3, -0.25) is 0 Å². The maximum absolute atomic E-state index is 15.0. The van der Waals surface area contributed by atoms with Gasteiger partial charge in [-0.2, -0.15) is 0 Å². The second-order valence-corrected chi connectivity index (χ2v) is 28.7. The minimum absolute atomic E-state index is 0.388. The predicted molar refractivity (Wildman–Crippen MR) is 300 cm³/mol. The van der Waals surface area contributed by atoms with Crippen LogP contribution in [0.3, 0.4) is 0 Å². The first-order valence-corrected chi connectivity index (χ1v) is 33.4. The van der Waals surface area contributed by atoms with Gasteiger partial charge in [-0.15, -0.1) is 0 Å². The van der Waals surface area contributed by atoms with E-state index in [2.05, 4.69) is 74.5 Å². The van der Waals surface area contributed by atoms with Crippen LogP contribution in [0.15, 0.2) is 72.8 Å². The number of phenols is 1. The molecule has 0 amide bonds. The van der Waals surface area contributed by atoms with Gasteiger partial charge in [-0.1, -0.05) is 328 Å². The second-order valence-electron chi connectivity index (χ2n) is 20.0. The lowest BCUT2D eigenvalue weighted by molar-refractivity contribution is 0.463. The molecule has 0 radical (unpaired) electrons. The summed E-state index contributed by atoms with van der Waals surface area (Å²) in [4.78, 5) is 0. The maximum atomic E-state index is 15.0. The van der Waals surface area contributed by atoms with E-state index in [9.17, 15) is 5.11 Å². The molecule has 3 rings (SSSR count). The van der Waals surface area contributed by atoms with Gasteiger partial charge >= 0.3 is 0 Å². The van der Waals surface area contributed by atoms with Crippen molar-refractivity contribution in [3.05, 3.63) is 101 Å². The van der Waals surface area contributed by atoms with Crippen LogP contribution >= 0.6 is 28.3 Å². The van der Waals surface area contributed by atoms with Crippen molar-refractivity contribution in [2.24, 2.45) is 0 Å². The third-order valence-electron chi connectivity index (χ3n) is 13.8. The lowest BCUT2D eigenvalue weighted by Gasteiger charge is -2.20. The molecule has 0 aliphatic rings. The molecule has 0 fully saturated rings. The van der Waals surface area contributed by atoms with Gasteiger partial charge < -0.3 is 9.67 Å². The third-order valence-corrected chi connectivity index (χ3v) is 22.4. The molecule has 0 saturated carbocycles. The fraction of sp³-hybridized carbons (Fsp3) is 0.705. The van der Waals surface area contributed by atoms with Crippen LogP contribution in [0.2, 0.25) is 0 Å². The number of aromatic hydroxyl groups is 1. The Morgan fingerprint density at radius 2 is 0.621 bits per heavy atom. The van der Waals surface area contributed by atoms with E-state index in [1.165, 1.54) is 229 Å². The molecule has 0 heterocycles. The number of hydrogen-bond acceptors (Lipinski definition) is 4. The van der Waals surface area contributed by atoms with Crippen LogP contribution in [0.25, 0.3) is 0 Å². The fourth-order valence-electron chi connectivity index (χ4n) is 9.59. The molecule has 3 aromatic rings. The van der Waals surface area contributed by atoms with Crippen molar-refractivity contribution in [1.29, 1.82) is 0 Å². The van der Waals surface area contributed by atoms with Crippen molar-refractivity contribution in [3.63, 3.8) is 0 Å². The Morgan fingerprint density at radius 3 is 0.894 bits per heavy atom. The normalized spacial score (nSPS) is 11.8. The van der Waals surface area contributed by atoms with Gasteiger partial charge in [0.1, 0.15) is 5.75 Å². The summed E-state index contributed by atoms with van der Waals surface area (Å²) in [6, 6.07) is 25.3. The quantitative estimate of drug-likeness (QED) is 0.0452. The molecule has 0 aromatic heterocycles. The summed E-state index contributed by atoms with van der Waals surface area (Å²) in [5.74, 6) is 2.35. The van der Waals surface area contributed by atoms with Gasteiger partial charge in [-0.25, -0.2) is 0 Å². The zero-order chi connectivity index (χ0) is 46.9. The summed E-state index contributed by atoms with van der Waals surface area (Å²) in [5, 5.41) is 11.6. The van der Waals surface area contributed by atoms with Crippen LogP contribution in [-0.2, 0) is 23.6 Å². The van der Waals surface area contributed by atoms with Gasteiger partial charge in [0.25, 0.3) is 0 Å². The van der Waals surface area contributed by atoms with Crippen molar-refractivity contribution in [2.75, 3.05) is 11.5 Å². The van der Waals surface area contributed by atoms with Crippen molar-refractivity contribution in [2.45, 2.75) is 264 Å². The van der Waals surface area contributed by atoms with Crippen LogP contribution in [0.5, 0.6) is 5.75 Å². The van der Waals surface area contributed by atoms with E-state index in [0.717, 1.165) is 41.0 Å². The van der Waals surface area contributed by atoms with Gasteiger partial charge in [0, 0.05) is 30.5 Å². The maximum Gasteiger partial charge on any atom is 0.195 e. The molecule has 0 aliphatic heterocycles. The van der Waals surface area contributed by atoms with E-state index < -0.39 is 5.55 Å². The third kappa shape index (κ3) is 30.8. The summed E-state index contributed by atoms with van der Waals surface area (Å²) in [6.07, 6.45) is 51.8. The van der Waals surface area contributed by atoms with Crippen LogP contribution in [0.4, 0.5) is 0 Å². The van der Waals surface area contributed by atoms with Crippen LogP contribution < -0.4 is 0 Å². The molecule has 1 N–H and O–H groups in total. The summed E-state index contributed by atoms with van der Waals surface area (Å²) >= 11 is 3.55. The zero-order valence-corrected chi connectivity index (χ0v) is 45.6. The molecule has 374 valence electrons. The summed E-state index contributed by atoms with van der Waals surface area (Å²) < 4.78 is 15.0. The topological polar surface area (TPSA) is 37.3 Å². The lowest BCUT2D eigenvalue weighted by atomic mass is 9.95. The molecule has 2 nitrogen and oxygen atoms in total. The molecule has 66 heavy (non-hydrogen) atoms. The predicted octanol–water partition coefficient (Wildman–Crippen LogP) is 21.8. The Labute approximate surface area is 417 Å². The summed E-state index contributed by atoms with van der Waals surface area (Å²) in [5.41, 5.74) is 2.78. The van der Waals surface area contributed by atoms with Crippen molar-refractivity contribution >= 4 is 28.3 Å². The molecule has 0 spiro atoms. The highest BCUT2D eigenvalue weighted by atomic mass is 33.1.